The number of amides is 2. The predicted octanol–water partition coefficient (Wildman–Crippen LogP) is 1.81. The van der Waals surface area contributed by atoms with Crippen LogP contribution in [0.25, 0.3) is 0 Å². The summed E-state index contributed by atoms with van der Waals surface area (Å²) in [6.07, 6.45) is 4.25. The van der Waals surface area contributed by atoms with Gasteiger partial charge in [-0.2, -0.15) is 0 Å². The van der Waals surface area contributed by atoms with Gasteiger partial charge in [-0.1, -0.05) is 18.2 Å². The van der Waals surface area contributed by atoms with Gasteiger partial charge in [-0.3, -0.25) is 9.59 Å². The maximum absolute atomic E-state index is 12.4. The Bertz CT molecular complexity index is 594. The van der Waals surface area contributed by atoms with E-state index in [1.165, 1.54) is 12.8 Å². The molecule has 2 N–H and O–H groups in total. The van der Waals surface area contributed by atoms with E-state index in [2.05, 4.69) is 10.6 Å². The van der Waals surface area contributed by atoms with Gasteiger partial charge >= 0.3 is 0 Å². The summed E-state index contributed by atoms with van der Waals surface area (Å²) >= 11 is 0. The Morgan fingerprint density at radius 1 is 1.15 bits per heavy atom. The van der Waals surface area contributed by atoms with Crippen LogP contribution < -0.4 is 15.4 Å². The Balaban J connectivity index is 1.31. The molecule has 1 aromatic rings. The third-order valence-corrected chi connectivity index (χ3v) is 5.51. The Morgan fingerprint density at radius 2 is 1.93 bits per heavy atom. The summed E-state index contributed by atoms with van der Waals surface area (Å²) < 4.78 is 5.60. The van der Waals surface area contributed by atoms with E-state index < -0.39 is 0 Å². The molecular weight excluding hydrogens is 342 g/mol. The van der Waals surface area contributed by atoms with Crippen molar-refractivity contribution in [3.05, 3.63) is 30.3 Å². The van der Waals surface area contributed by atoms with Crippen molar-refractivity contribution in [2.24, 2.45) is 11.8 Å². The van der Waals surface area contributed by atoms with E-state index in [0.717, 1.165) is 38.2 Å². The van der Waals surface area contributed by atoms with Crippen molar-refractivity contribution in [3.63, 3.8) is 0 Å². The Kier molecular flexibility index (Phi) is 7.51. The molecule has 2 aliphatic rings. The normalized spacial score (nSPS) is 20.9. The van der Waals surface area contributed by atoms with E-state index in [0.29, 0.717) is 32.0 Å². The molecule has 1 aromatic carbocycles. The molecule has 2 amide bonds. The molecule has 0 spiro atoms. The number of rotatable bonds is 7. The van der Waals surface area contributed by atoms with E-state index in [-0.39, 0.29) is 17.7 Å². The van der Waals surface area contributed by atoms with Gasteiger partial charge < -0.3 is 20.3 Å². The number of carbonyl (C=O) groups excluding carboxylic acids is 2. The van der Waals surface area contributed by atoms with Gasteiger partial charge in [0.15, 0.2) is 0 Å². The molecule has 2 heterocycles. The first kappa shape index (κ1) is 19.7. The van der Waals surface area contributed by atoms with Crippen LogP contribution in [0.2, 0.25) is 0 Å². The molecule has 3 rings (SSSR count). The van der Waals surface area contributed by atoms with Crippen LogP contribution in [-0.4, -0.2) is 56.0 Å². The third-order valence-electron chi connectivity index (χ3n) is 5.51. The van der Waals surface area contributed by atoms with Gasteiger partial charge in [-0.25, -0.2) is 0 Å². The van der Waals surface area contributed by atoms with Crippen molar-refractivity contribution in [2.75, 3.05) is 39.3 Å². The van der Waals surface area contributed by atoms with Gasteiger partial charge in [-0.15, -0.1) is 0 Å². The number of ether oxygens (including phenoxy) is 1. The first-order chi connectivity index (χ1) is 13.2. The third kappa shape index (κ3) is 6.24. The topological polar surface area (TPSA) is 70.7 Å². The van der Waals surface area contributed by atoms with Crippen molar-refractivity contribution >= 4 is 11.8 Å². The molecule has 1 unspecified atom stereocenters. The number of hydrogen-bond acceptors (Lipinski definition) is 4. The van der Waals surface area contributed by atoms with Gasteiger partial charge in [0.1, 0.15) is 5.75 Å². The minimum Gasteiger partial charge on any atom is -0.493 e. The number of likely N-dealkylation sites (tertiary alicyclic amines) is 1. The number of benzene rings is 1. The second-order valence-corrected chi connectivity index (χ2v) is 7.52. The lowest BCUT2D eigenvalue weighted by molar-refractivity contribution is -0.136. The van der Waals surface area contributed by atoms with Crippen LogP contribution in [0.15, 0.2) is 30.3 Å². The summed E-state index contributed by atoms with van der Waals surface area (Å²) in [6, 6.07) is 9.54. The van der Waals surface area contributed by atoms with Gasteiger partial charge in [-0.05, 0) is 56.8 Å². The first-order valence-electron chi connectivity index (χ1n) is 10.2. The Hall–Kier alpha value is -2.08. The van der Waals surface area contributed by atoms with Crippen molar-refractivity contribution < 1.29 is 14.3 Å². The number of piperidine rings is 2. The van der Waals surface area contributed by atoms with Crippen molar-refractivity contribution in [1.82, 2.24) is 15.5 Å². The Morgan fingerprint density at radius 3 is 2.63 bits per heavy atom. The van der Waals surface area contributed by atoms with Gasteiger partial charge in [0.2, 0.25) is 11.8 Å². The highest BCUT2D eigenvalue weighted by atomic mass is 16.5. The van der Waals surface area contributed by atoms with E-state index >= 15 is 0 Å². The van der Waals surface area contributed by atoms with Crippen LogP contribution in [0.5, 0.6) is 5.75 Å². The maximum atomic E-state index is 12.4. The molecule has 27 heavy (non-hydrogen) atoms. The fraction of sp³-hybridized carbons (Fsp3) is 0.619. The second kappa shape index (κ2) is 10.3. The summed E-state index contributed by atoms with van der Waals surface area (Å²) in [7, 11) is 0. The van der Waals surface area contributed by atoms with Crippen LogP contribution in [0.3, 0.4) is 0 Å². The minimum absolute atomic E-state index is 0.0335. The lowest BCUT2D eigenvalue weighted by atomic mass is 9.94. The van der Waals surface area contributed by atoms with Crippen molar-refractivity contribution in [2.45, 2.75) is 32.1 Å². The maximum Gasteiger partial charge on any atom is 0.225 e. The highest BCUT2D eigenvalue weighted by molar-refractivity contribution is 5.80. The molecule has 1 atom stereocenters. The first-order valence-corrected chi connectivity index (χ1v) is 10.2. The summed E-state index contributed by atoms with van der Waals surface area (Å²) in [6.45, 7) is 4.56. The Labute approximate surface area is 161 Å². The van der Waals surface area contributed by atoms with Crippen molar-refractivity contribution in [3.8, 4) is 5.75 Å². The molecule has 0 bridgehead atoms. The lowest BCUT2D eigenvalue weighted by Gasteiger charge is -2.32. The average Bonchev–Trinajstić information content (AvgIpc) is 2.73. The van der Waals surface area contributed by atoms with Gasteiger partial charge in [0, 0.05) is 25.6 Å². The zero-order valence-electron chi connectivity index (χ0n) is 16.0. The number of hydrogen-bond donors (Lipinski definition) is 2. The molecule has 2 fully saturated rings. The molecule has 6 nitrogen and oxygen atoms in total. The van der Waals surface area contributed by atoms with Crippen LogP contribution in [0, 0.1) is 11.8 Å². The smallest absolute Gasteiger partial charge is 0.225 e. The van der Waals surface area contributed by atoms with E-state index in [4.69, 9.17) is 4.74 Å². The number of para-hydroxylation sites is 1. The summed E-state index contributed by atoms with van der Waals surface area (Å²) in [5.74, 6) is 1.63. The fourth-order valence-corrected chi connectivity index (χ4v) is 3.81. The average molecular weight is 373 g/mol. The summed E-state index contributed by atoms with van der Waals surface area (Å²) in [4.78, 5) is 26.6. The standard InChI is InChI=1S/C21H31N3O3/c25-20(10-14-27-19-6-2-1-3-7-19)24-12-8-18(9-13-24)21(26)23-16-17-5-4-11-22-15-17/h1-3,6-7,17-18,22H,4-5,8-16H2,(H,23,26). The zero-order valence-corrected chi connectivity index (χ0v) is 16.0. The molecule has 2 saturated heterocycles. The number of nitrogens with one attached hydrogen (secondary N) is 2. The van der Waals surface area contributed by atoms with Crippen LogP contribution >= 0.6 is 0 Å². The van der Waals surface area contributed by atoms with Crippen LogP contribution in [-0.2, 0) is 9.59 Å². The highest BCUT2D eigenvalue weighted by Crippen LogP contribution is 2.19. The molecule has 0 aliphatic carbocycles. The van der Waals surface area contributed by atoms with E-state index in [9.17, 15) is 9.59 Å². The molecule has 0 radical (unpaired) electrons. The van der Waals surface area contributed by atoms with Gasteiger partial charge in [0.25, 0.3) is 0 Å². The monoisotopic (exact) mass is 373 g/mol. The second-order valence-electron chi connectivity index (χ2n) is 7.52. The van der Waals surface area contributed by atoms with Crippen LogP contribution in [0.1, 0.15) is 32.1 Å². The number of carbonyl (C=O) groups is 2. The highest BCUT2D eigenvalue weighted by Gasteiger charge is 2.27. The summed E-state index contributed by atoms with van der Waals surface area (Å²) in [5.41, 5.74) is 0. The van der Waals surface area contributed by atoms with Gasteiger partial charge in [0.05, 0.1) is 13.0 Å². The molecule has 6 heteroatoms. The predicted molar refractivity (Wildman–Crippen MR) is 104 cm³/mol. The molecule has 2 aliphatic heterocycles. The molecule has 0 aromatic heterocycles. The fourth-order valence-electron chi connectivity index (χ4n) is 3.81. The zero-order chi connectivity index (χ0) is 18.9. The minimum atomic E-state index is 0.0335. The molecule has 148 valence electrons. The van der Waals surface area contributed by atoms with E-state index in [1.54, 1.807) is 0 Å². The molecule has 0 saturated carbocycles. The van der Waals surface area contributed by atoms with Crippen LogP contribution in [0.4, 0.5) is 0 Å². The van der Waals surface area contributed by atoms with E-state index in [1.807, 2.05) is 35.2 Å². The SMILES string of the molecule is O=C(NCC1CCCNC1)C1CCN(C(=O)CCOc2ccccc2)CC1. The quantitative estimate of drug-likeness (QED) is 0.765. The number of nitrogens with zero attached hydrogens (tertiary/aromatic N) is 1. The lowest BCUT2D eigenvalue weighted by Crippen LogP contribution is -2.45. The summed E-state index contributed by atoms with van der Waals surface area (Å²) in [5, 5.41) is 6.49. The van der Waals surface area contributed by atoms with Crippen molar-refractivity contribution in [1.29, 1.82) is 0 Å². The largest absolute Gasteiger partial charge is 0.493 e. The molecular formula is C21H31N3O3.